The molecule has 0 radical (unpaired) electrons. The standard InChI is InChI=1S/C32H40N6O4S/c1-21-16-25(17-22(2)34-21)27-26(24-9-7-8-23(18-24)19-33-6)35-28(43-27)36-29(39)37-12-10-32(11-13-37)20-38(14-15-41-32)30(40)42-31(3,4)5/h7-9,16-19H,10-15,20H2,1-6H3,(H,35,36,39)/b33-19-. The van der Waals surface area contributed by atoms with Crippen LogP contribution in [0.1, 0.15) is 50.6 Å². The molecule has 2 saturated heterocycles. The molecular formula is C32H40N6O4S. The Morgan fingerprint density at radius 1 is 1.05 bits per heavy atom. The highest BCUT2D eigenvalue weighted by molar-refractivity contribution is 7.19. The van der Waals surface area contributed by atoms with Crippen LogP contribution in [0.25, 0.3) is 21.7 Å². The van der Waals surface area contributed by atoms with Gasteiger partial charge in [0.1, 0.15) is 5.60 Å². The lowest BCUT2D eigenvalue weighted by molar-refractivity contribution is -0.129. The zero-order chi connectivity index (χ0) is 30.8. The summed E-state index contributed by atoms with van der Waals surface area (Å²) in [6.07, 6.45) is 2.76. The SMILES string of the molecule is C/N=C\c1cccc(-c2nc(NC(=O)N3CCC4(CC3)CN(C(=O)OC(C)(C)C)CCO4)sc2-c2cc(C)nc(C)c2)c1. The monoisotopic (exact) mass is 604 g/mol. The number of benzene rings is 1. The van der Waals surface area contributed by atoms with Gasteiger partial charge in [-0.15, -0.1) is 0 Å². The minimum atomic E-state index is -0.554. The van der Waals surface area contributed by atoms with Gasteiger partial charge in [-0.3, -0.25) is 15.3 Å². The number of nitrogens with one attached hydrogen (secondary N) is 1. The summed E-state index contributed by atoms with van der Waals surface area (Å²) in [6, 6.07) is 11.9. The molecule has 0 saturated carbocycles. The predicted molar refractivity (Wildman–Crippen MR) is 170 cm³/mol. The number of urea groups is 1. The van der Waals surface area contributed by atoms with Gasteiger partial charge in [-0.05, 0) is 76.8 Å². The maximum absolute atomic E-state index is 13.4. The molecule has 0 atom stereocenters. The predicted octanol–water partition coefficient (Wildman–Crippen LogP) is 6.17. The summed E-state index contributed by atoms with van der Waals surface area (Å²) in [4.78, 5) is 44.2. The number of aromatic nitrogens is 2. The van der Waals surface area contributed by atoms with Crippen LogP contribution in [0.15, 0.2) is 41.4 Å². The molecule has 10 nitrogen and oxygen atoms in total. The average Bonchev–Trinajstić information content (AvgIpc) is 3.36. The molecule has 3 aromatic rings. The van der Waals surface area contributed by atoms with Gasteiger partial charge in [-0.2, -0.15) is 0 Å². The molecule has 5 rings (SSSR count). The molecule has 0 bridgehead atoms. The van der Waals surface area contributed by atoms with Crippen molar-refractivity contribution in [2.45, 2.75) is 58.7 Å². The smallest absolute Gasteiger partial charge is 0.410 e. The number of amides is 3. The van der Waals surface area contributed by atoms with E-state index in [9.17, 15) is 9.59 Å². The topological polar surface area (TPSA) is 109 Å². The van der Waals surface area contributed by atoms with E-state index in [-0.39, 0.29) is 12.1 Å². The third kappa shape index (κ3) is 7.40. The van der Waals surface area contributed by atoms with Crippen molar-refractivity contribution in [3.8, 4) is 21.7 Å². The minimum absolute atomic E-state index is 0.199. The molecule has 2 aliphatic heterocycles. The maximum Gasteiger partial charge on any atom is 0.410 e. The largest absolute Gasteiger partial charge is 0.444 e. The molecule has 2 aromatic heterocycles. The van der Waals surface area contributed by atoms with Crippen molar-refractivity contribution < 1.29 is 19.1 Å². The molecule has 2 aliphatic rings. The number of aryl methyl sites for hydroxylation is 2. The van der Waals surface area contributed by atoms with Gasteiger partial charge in [0.25, 0.3) is 0 Å². The normalized spacial score (nSPS) is 17.0. The minimum Gasteiger partial charge on any atom is -0.444 e. The first-order valence-corrected chi connectivity index (χ1v) is 15.4. The van der Waals surface area contributed by atoms with Crippen LogP contribution < -0.4 is 5.32 Å². The first-order chi connectivity index (χ1) is 20.4. The number of carbonyl (C=O) groups is 2. The molecule has 4 heterocycles. The van der Waals surface area contributed by atoms with E-state index >= 15 is 0 Å². The van der Waals surface area contributed by atoms with Crippen LogP contribution in [-0.2, 0) is 9.47 Å². The Hall–Kier alpha value is -3.83. The molecule has 1 spiro atoms. The van der Waals surface area contributed by atoms with Gasteiger partial charge in [0, 0.05) is 49.8 Å². The van der Waals surface area contributed by atoms with Gasteiger partial charge in [0.15, 0.2) is 5.13 Å². The highest BCUT2D eigenvalue weighted by Crippen LogP contribution is 2.40. The maximum atomic E-state index is 13.4. The van der Waals surface area contributed by atoms with Gasteiger partial charge in [0.05, 0.1) is 29.3 Å². The van der Waals surface area contributed by atoms with Crippen molar-refractivity contribution in [2.75, 3.05) is 45.2 Å². The fourth-order valence-electron chi connectivity index (χ4n) is 5.56. The fraction of sp³-hybridized carbons (Fsp3) is 0.469. The fourth-order valence-corrected chi connectivity index (χ4v) is 6.53. The van der Waals surface area contributed by atoms with Crippen LogP contribution in [-0.4, -0.2) is 89.1 Å². The van der Waals surface area contributed by atoms with Crippen molar-refractivity contribution in [1.29, 1.82) is 0 Å². The number of pyridine rings is 1. The molecule has 3 amide bonds. The lowest BCUT2D eigenvalue weighted by Gasteiger charge is -2.47. The van der Waals surface area contributed by atoms with E-state index in [1.54, 1.807) is 16.8 Å². The van der Waals surface area contributed by atoms with Gasteiger partial charge in [0.2, 0.25) is 0 Å². The number of rotatable bonds is 4. The van der Waals surface area contributed by atoms with E-state index < -0.39 is 11.2 Å². The Labute approximate surface area is 257 Å². The Balaban J connectivity index is 1.32. The molecule has 2 fully saturated rings. The second kappa shape index (κ2) is 12.4. The number of aliphatic imine (C=N–C) groups is 1. The molecule has 1 aromatic carbocycles. The highest BCUT2D eigenvalue weighted by atomic mass is 32.1. The van der Waals surface area contributed by atoms with Gasteiger partial charge < -0.3 is 19.3 Å². The quantitative estimate of drug-likeness (QED) is 0.357. The van der Waals surface area contributed by atoms with Crippen molar-refractivity contribution in [2.24, 2.45) is 4.99 Å². The second-order valence-corrected chi connectivity index (χ2v) is 13.2. The summed E-state index contributed by atoms with van der Waals surface area (Å²) in [5.41, 5.74) is 4.54. The van der Waals surface area contributed by atoms with Crippen molar-refractivity contribution in [3.63, 3.8) is 0 Å². The van der Waals surface area contributed by atoms with Crippen LogP contribution in [0, 0.1) is 13.8 Å². The van der Waals surface area contributed by atoms with E-state index in [4.69, 9.17) is 14.5 Å². The number of hydrogen-bond donors (Lipinski definition) is 1. The number of thiazole rings is 1. The Morgan fingerprint density at radius 2 is 1.77 bits per heavy atom. The number of hydrogen-bond acceptors (Lipinski definition) is 8. The summed E-state index contributed by atoms with van der Waals surface area (Å²) >= 11 is 1.45. The lowest BCUT2D eigenvalue weighted by atomic mass is 9.89. The molecule has 43 heavy (non-hydrogen) atoms. The van der Waals surface area contributed by atoms with Gasteiger partial charge in [-0.1, -0.05) is 29.5 Å². The van der Waals surface area contributed by atoms with Crippen molar-refractivity contribution in [1.82, 2.24) is 19.8 Å². The number of nitrogens with zero attached hydrogens (tertiary/aromatic N) is 5. The van der Waals surface area contributed by atoms with Crippen LogP contribution in [0.4, 0.5) is 14.7 Å². The van der Waals surface area contributed by atoms with Crippen LogP contribution >= 0.6 is 11.3 Å². The van der Waals surface area contributed by atoms with Gasteiger partial charge >= 0.3 is 12.1 Å². The average molecular weight is 605 g/mol. The van der Waals surface area contributed by atoms with E-state index in [0.717, 1.165) is 38.6 Å². The number of morpholine rings is 1. The number of carbonyl (C=O) groups excluding carboxylic acids is 2. The van der Waals surface area contributed by atoms with Crippen molar-refractivity contribution in [3.05, 3.63) is 53.3 Å². The molecule has 0 aliphatic carbocycles. The summed E-state index contributed by atoms with van der Waals surface area (Å²) in [6.45, 7) is 12.0. The number of piperidine rings is 1. The van der Waals surface area contributed by atoms with Crippen LogP contribution in [0.5, 0.6) is 0 Å². The van der Waals surface area contributed by atoms with Crippen LogP contribution in [0.2, 0.25) is 0 Å². The lowest BCUT2D eigenvalue weighted by Crippen LogP contribution is -2.59. The highest BCUT2D eigenvalue weighted by Gasteiger charge is 2.42. The Morgan fingerprint density at radius 3 is 2.44 bits per heavy atom. The van der Waals surface area contributed by atoms with Crippen molar-refractivity contribution >= 4 is 34.8 Å². The zero-order valence-electron chi connectivity index (χ0n) is 25.8. The van der Waals surface area contributed by atoms with Crippen LogP contribution in [0.3, 0.4) is 0 Å². The summed E-state index contributed by atoms with van der Waals surface area (Å²) in [5.74, 6) is 0. The number of ether oxygens (including phenoxy) is 2. The van der Waals surface area contributed by atoms with E-state index in [0.29, 0.717) is 50.8 Å². The summed E-state index contributed by atoms with van der Waals surface area (Å²) < 4.78 is 11.8. The zero-order valence-corrected chi connectivity index (χ0v) is 26.6. The Bertz CT molecular complexity index is 1500. The molecule has 11 heteroatoms. The van der Waals surface area contributed by atoms with E-state index in [2.05, 4.69) is 15.3 Å². The van der Waals surface area contributed by atoms with Gasteiger partial charge in [-0.25, -0.2) is 14.6 Å². The Kier molecular flexibility index (Phi) is 8.84. The van der Waals surface area contributed by atoms with E-state index in [1.165, 1.54) is 11.3 Å². The summed E-state index contributed by atoms with van der Waals surface area (Å²) in [7, 11) is 1.75. The molecular weight excluding hydrogens is 564 g/mol. The number of anilines is 1. The molecule has 228 valence electrons. The molecule has 1 N–H and O–H groups in total. The summed E-state index contributed by atoms with van der Waals surface area (Å²) in [5, 5.41) is 3.58. The first kappa shape index (κ1) is 30.6. The third-order valence-electron chi connectivity index (χ3n) is 7.48. The second-order valence-electron chi connectivity index (χ2n) is 12.2. The van der Waals surface area contributed by atoms with E-state index in [1.807, 2.05) is 77.2 Å². The number of likely N-dealkylation sites (tertiary alicyclic amines) is 1. The third-order valence-corrected chi connectivity index (χ3v) is 8.50. The molecule has 0 unspecified atom stereocenters. The first-order valence-electron chi connectivity index (χ1n) is 14.6.